The van der Waals surface area contributed by atoms with Gasteiger partial charge in [-0.15, -0.1) is 0 Å². The molecule has 0 aliphatic carbocycles. The summed E-state index contributed by atoms with van der Waals surface area (Å²) in [6.07, 6.45) is 0. The van der Waals surface area contributed by atoms with Crippen LogP contribution in [0.4, 0.5) is 16.2 Å². The van der Waals surface area contributed by atoms with Gasteiger partial charge in [-0.1, -0.05) is 36.2 Å². The van der Waals surface area contributed by atoms with Crippen molar-refractivity contribution < 1.29 is 13.2 Å². The van der Waals surface area contributed by atoms with Crippen LogP contribution in [0, 0.1) is 0 Å². The molecule has 0 atom stereocenters. The summed E-state index contributed by atoms with van der Waals surface area (Å²) in [5.74, 6) is 0. The van der Waals surface area contributed by atoms with Crippen LogP contribution in [0.5, 0.6) is 0 Å². The van der Waals surface area contributed by atoms with Crippen LogP contribution in [-0.2, 0) is 10.0 Å². The largest absolute Gasteiger partial charge is 0.323 e. The second kappa shape index (κ2) is 7.85. The molecule has 0 aliphatic heterocycles. The Bertz CT molecular complexity index is 840. The van der Waals surface area contributed by atoms with Crippen LogP contribution in [0.1, 0.15) is 6.92 Å². The van der Waals surface area contributed by atoms with Crippen LogP contribution in [0.25, 0.3) is 0 Å². The monoisotopic (exact) mass is 387 g/mol. The molecule has 2 amide bonds. The van der Waals surface area contributed by atoms with E-state index in [2.05, 4.69) is 15.4 Å². The molecular weight excluding hydrogens is 373 g/mol. The standard InChI is InChI=1S/C15H15Cl2N3O3S/c1-2-18-24(22,23)11-8-6-10(7-9-11)19-15(21)20-13-5-3-4-12(16)14(13)17/h3-9,18H,2H2,1H3,(H2,19,20,21). The maximum absolute atomic E-state index is 12.0. The third-order valence-corrected chi connectivity index (χ3v) is 5.34. The zero-order valence-corrected chi connectivity index (χ0v) is 15.0. The fourth-order valence-electron chi connectivity index (χ4n) is 1.88. The highest BCUT2D eigenvalue weighted by atomic mass is 35.5. The minimum absolute atomic E-state index is 0.119. The van der Waals surface area contributed by atoms with Crippen LogP contribution in [0.2, 0.25) is 10.0 Å². The molecule has 9 heteroatoms. The van der Waals surface area contributed by atoms with Crippen molar-refractivity contribution >= 4 is 50.6 Å². The molecule has 2 aromatic rings. The van der Waals surface area contributed by atoms with E-state index in [0.717, 1.165) is 0 Å². The van der Waals surface area contributed by atoms with Crippen molar-refractivity contribution in [3.05, 3.63) is 52.5 Å². The van der Waals surface area contributed by atoms with Gasteiger partial charge in [0.05, 0.1) is 20.6 Å². The second-order valence-corrected chi connectivity index (χ2v) is 7.26. The number of nitrogens with one attached hydrogen (secondary N) is 3. The van der Waals surface area contributed by atoms with Crippen LogP contribution >= 0.6 is 23.2 Å². The lowest BCUT2D eigenvalue weighted by atomic mass is 10.3. The fourth-order valence-corrected chi connectivity index (χ4v) is 3.26. The van der Waals surface area contributed by atoms with E-state index in [1.807, 2.05) is 0 Å². The molecule has 0 unspecified atom stereocenters. The number of amides is 2. The first kappa shape index (κ1) is 18.5. The second-order valence-electron chi connectivity index (χ2n) is 4.71. The number of hydrogen-bond donors (Lipinski definition) is 3. The maximum Gasteiger partial charge on any atom is 0.323 e. The summed E-state index contributed by atoms with van der Waals surface area (Å²) < 4.78 is 26.1. The Morgan fingerprint density at radius 2 is 1.71 bits per heavy atom. The maximum atomic E-state index is 12.0. The van der Waals surface area contributed by atoms with Crippen molar-refractivity contribution in [2.45, 2.75) is 11.8 Å². The number of anilines is 2. The highest BCUT2D eigenvalue weighted by Crippen LogP contribution is 2.29. The number of halogens is 2. The van der Waals surface area contributed by atoms with Crippen LogP contribution < -0.4 is 15.4 Å². The fraction of sp³-hybridized carbons (Fsp3) is 0.133. The van der Waals surface area contributed by atoms with E-state index in [-0.39, 0.29) is 9.92 Å². The number of carbonyl (C=O) groups excluding carboxylic acids is 1. The Hall–Kier alpha value is -1.80. The first-order valence-corrected chi connectivity index (χ1v) is 9.19. The molecule has 0 aliphatic rings. The van der Waals surface area contributed by atoms with Gasteiger partial charge >= 0.3 is 6.03 Å². The van der Waals surface area contributed by atoms with Crippen molar-refractivity contribution in [2.24, 2.45) is 0 Å². The first-order chi connectivity index (χ1) is 11.3. The number of carbonyl (C=O) groups is 1. The van der Waals surface area contributed by atoms with Crippen LogP contribution in [0.3, 0.4) is 0 Å². The Morgan fingerprint density at radius 3 is 2.33 bits per heavy atom. The molecule has 3 N–H and O–H groups in total. The molecule has 6 nitrogen and oxygen atoms in total. The molecule has 0 fully saturated rings. The quantitative estimate of drug-likeness (QED) is 0.725. The predicted molar refractivity (Wildman–Crippen MR) is 96.4 cm³/mol. The number of sulfonamides is 1. The minimum atomic E-state index is -3.52. The van der Waals surface area contributed by atoms with Gasteiger partial charge in [0.1, 0.15) is 0 Å². The Balaban J connectivity index is 2.06. The van der Waals surface area contributed by atoms with Crippen LogP contribution in [0.15, 0.2) is 47.4 Å². The molecule has 0 bridgehead atoms. The van der Waals surface area contributed by atoms with E-state index in [1.165, 1.54) is 24.3 Å². The molecule has 0 heterocycles. The van der Waals surface area contributed by atoms with Crippen molar-refractivity contribution in [3.63, 3.8) is 0 Å². The van der Waals surface area contributed by atoms with E-state index >= 15 is 0 Å². The van der Waals surface area contributed by atoms with E-state index < -0.39 is 16.1 Å². The molecule has 0 saturated heterocycles. The van der Waals surface area contributed by atoms with Gasteiger partial charge in [0.25, 0.3) is 0 Å². The summed E-state index contributed by atoms with van der Waals surface area (Å²) in [4.78, 5) is 12.1. The van der Waals surface area contributed by atoms with E-state index in [4.69, 9.17) is 23.2 Å². The Morgan fingerprint density at radius 1 is 1.04 bits per heavy atom. The Labute approximate surface area is 150 Å². The number of urea groups is 1. The molecule has 0 spiro atoms. The number of rotatable bonds is 5. The topological polar surface area (TPSA) is 87.3 Å². The summed E-state index contributed by atoms with van der Waals surface area (Å²) in [7, 11) is -3.52. The summed E-state index contributed by atoms with van der Waals surface area (Å²) in [6.45, 7) is 1.99. The highest BCUT2D eigenvalue weighted by Gasteiger charge is 2.13. The van der Waals surface area contributed by atoms with E-state index in [1.54, 1.807) is 25.1 Å². The smallest absolute Gasteiger partial charge is 0.308 e. The van der Waals surface area contributed by atoms with Gasteiger partial charge in [-0.05, 0) is 36.4 Å². The highest BCUT2D eigenvalue weighted by molar-refractivity contribution is 7.89. The van der Waals surface area contributed by atoms with E-state index in [0.29, 0.717) is 22.9 Å². The van der Waals surface area contributed by atoms with Gasteiger partial charge in [0.15, 0.2) is 0 Å². The van der Waals surface area contributed by atoms with Gasteiger partial charge in [0, 0.05) is 12.2 Å². The van der Waals surface area contributed by atoms with Crippen molar-refractivity contribution in [2.75, 3.05) is 17.2 Å². The summed E-state index contributed by atoms with van der Waals surface area (Å²) in [5.41, 5.74) is 0.800. The van der Waals surface area contributed by atoms with E-state index in [9.17, 15) is 13.2 Å². The summed E-state index contributed by atoms with van der Waals surface area (Å²) >= 11 is 11.9. The molecule has 2 aromatic carbocycles. The molecule has 128 valence electrons. The average Bonchev–Trinajstić information content (AvgIpc) is 2.52. The third kappa shape index (κ3) is 4.61. The van der Waals surface area contributed by atoms with Crippen molar-refractivity contribution in [1.29, 1.82) is 0 Å². The third-order valence-electron chi connectivity index (χ3n) is 2.96. The average molecular weight is 388 g/mol. The summed E-state index contributed by atoms with van der Waals surface area (Å²) in [5, 5.41) is 5.71. The van der Waals surface area contributed by atoms with Gasteiger partial charge in [-0.3, -0.25) is 0 Å². The van der Waals surface area contributed by atoms with Crippen molar-refractivity contribution in [1.82, 2.24) is 4.72 Å². The lowest BCUT2D eigenvalue weighted by Gasteiger charge is -2.10. The predicted octanol–water partition coefficient (Wildman–Crippen LogP) is 3.94. The molecular formula is C15H15Cl2N3O3S. The lowest BCUT2D eigenvalue weighted by Crippen LogP contribution is -2.23. The van der Waals surface area contributed by atoms with Gasteiger partial charge in [0.2, 0.25) is 10.0 Å². The SMILES string of the molecule is CCNS(=O)(=O)c1ccc(NC(=O)Nc2cccc(Cl)c2Cl)cc1. The van der Waals surface area contributed by atoms with Crippen LogP contribution in [-0.4, -0.2) is 21.0 Å². The zero-order valence-electron chi connectivity index (χ0n) is 12.6. The lowest BCUT2D eigenvalue weighted by molar-refractivity contribution is 0.262. The zero-order chi connectivity index (χ0) is 17.7. The minimum Gasteiger partial charge on any atom is -0.308 e. The molecule has 24 heavy (non-hydrogen) atoms. The van der Waals surface area contributed by atoms with Gasteiger partial charge in [-0.2, -0.15) is 0 Å². The molecule has 0 saturated carbocycles. The number of hydrogen-bond acceptors (Lipinski definition) is 3. The first-order valence-electron chi connectivity index (χ1n) is 6.95. The molecule has 0 aromatic heterocycles. The molecule has 0 radical (unpaired) electrons. The summed E-state index contributed by atoms with van der Waals surface area (Å²) in [6, 6.07) is 10.1. The van der Waals surface area contributed by atoms with Crippen molar-refractivity contribution in [3.8, 4) is 0 Å². The normalized spacial score (nSPS) is 11.1. The van der Waals surface area contributed by atoms with Gasteiger partial charge < -0.3 is 10.6 Å². The molecule has 2 rings (SSSR count). The number of benzene rings is 2. The van der Waals surface area contributed by atoms with Gasteiger partial charge in [-0.25, -0.2) is 17.9 Å². The Kier molecular flexibility index (Phi) is 6.06.